The maximum atomic E-state index is 13.0. The number of benzene rings is 1. The fraction of sp³-hybridized carbons (Fsp3) is 0.368. The Balaban J connectivity index is 1.77. The number of aryl methyl sites for hydroxylation is 1. The molecule has 1 atom stereocenters. The average Bonchev–Trinajstić information content (AvgIpc) is 2.68. The largest absolute Gasteiger partial charge is 0.433 e. The summed E-state index contributed by atoms with van der Waals surface area (Å²) in [6.45, 7) is -1.21. The molecule has 3 rings (SSSR count). The van der Waals surface area contributed by atoms with Gasteiger partial charge in [-0.05, 0) is 44.0 Å². The summed E-state index contributed by atoms with van der Waals surface area (Å²) in [6.07, 6.45) is 0.981. The second kappa shape index (κ2) is 8.83. The van der Waals surface area contributed by atoms with Crippen LogP contribution in [-0.4, -0.2) is 43.3 Å². The van der Waals surface area contributed by atoms with E-state index in [9.17, 15) is 22.0 Å². The summed E-state index contributed by atoms with van der Waals surface area (Å²) < 4.78 is 56.8. The number of carbonyl (C=O) groups is 1. The molecule has 10 heteroatoms. The number of alkyl halides is 2. The highest BCUT2D eigenvalue weighted by Gasteiger charge is 2.35. The fourth-order valence-corrected chi connectivity index (χ4v) is 4.86. The molecule has 1 aliphatic heterocycles. The number of hydrogen-bond donors (Lipinski definition) is 1. The van der Waals surface area contributed by atoms with Gasteiger partial charge >= 0.3 is 6.61 Å². The van der Waals surface area contributed by atoms with Crippen molar-refractivity contribution in [3.05, 3.63) is 48.2 Å². The van der Waals surface area contributed by atoms with E-state index in [1.807, 2.05) is 0 Å². The van der Waals surface area contributed by atoms with Crippen LogP contribution in [0.5, 0.6) is 5.75 Å². The van der Waals surface area contributed by atoms with Crippen molar-refractivity contribution < 1.29 is 26.7 Å². The second-order valence-corrected chi connectivity index (χ2v) is 8.59. The first kappa shape index (κ1) is 21.1. The summed E-state index contributed by atoms with van der Waals surface area (Å²) in [5.74, 6) is -0.937. The fourth-order valence-electron chi connectivity index (χ4n) is 3.21. The van der Waals surface area contributed by atoms with E-state index in [0.717, 1.165) is 10.00 Å². The van der Waals surface area contributed by atoms with Crippen molar-refractivity contribution in [2.45, 2.75) is 31.3 Å². The molecule has 0 radical (unpaired) electrons. The third kappa shape index (κ3) is 5.07. The van der Waals surface area contributed by atoms with Gasteiger partial charge < -0.3 is 10.1 Å². The first-order valence-corrected chi connectivity index (χ1v) is 10.5. The molecular formula is C19H21F2N3O4S. The number of nitrogens with one attached hydrogen (secondary N) is 1. The molecule has 1 N–H and O–H groups in total. The van der Waals surface area contributed by atoms with Crippen LogP contribution in [0.15, 0.2) is 47.4 Å². The minimum atomic E-state index is -4.10. The smallest absolute Gasteiger partial charge is 0.387 e. The van der Waals surface area contributed by atoms with Gasteiger partial charge in [-0.2, -0.15) is 13.1 Å². The van der Waals surface area contributed by atoms with Crippen LogP contribution in [0.1, 0.15) is 18.5 Å². The molecule has 1 aromatic heterocycles. The van der Waals surface area contributed by atoms with Gasteiger partial charge in [0.05, 0.1) is 5.92 Å². The second-order valence-electron chi connectivity index (χ2n) is 6.68. The number of anilines is 1. The molecule has 2 aromatic rings. The van der Waals surface area contributed by atoms with E-state index in [4.69, 9.17) is 0 Å². The molecule has 0 bridgehead atoms. The third-order valence-electron chi connectivity index (χ3n) is 4.58. The Kier molecular flexibility index (Phi) is 6.43. The van der Waals surface area contributed by atoms with Gasteiger partial charge in [0.15, 0.2) is 0 Å². The molecule has 156 valence electrons. The predicted molar refractivity (Wildman–Crippen MR) is 102 cm³/mol. The molecule has 1 fully saturated rings. The monoisotopic (exact) mass is 425 g/mol. The number of rotatable bonds is 6. The van der Waals surface area contributed by atoms with Gasteiger partial charge in [0, 0.05) is 18.8 Å². The molecule has 0 spiro atoms. The van der Waals surface area contributed by atoms with Crippen LogP contribution in [0.3, 0.4) is 0 Å². The van der Waals surface area contributed by atoms with Crippen LogP contribution in [0.4, 0.5) is 14.6 Å². The van der Waals surface area contributed by atoms with Crippen molar-refractivity contribution in [2.24, 2.45) is 5.92 Å². The first-order chi connectivity index (χ1) is 13.8. The lowest BCUT2D eigenvalue weighted by Crippen LogP contribution is -2.43. The van der Waals surface area contributed by atoms with Crippen LogP contribution >= 0.6 is 0 Å². The number of nitrogens with zero attached hydrogens (tertiary/aromatic N) is 2. The molecule has 0 saturated carbocycles. The Hall–Kier alpha value is -2.59. The summed E-state index contributed by atoms with van der Waals surface area (Å²) in [7, 11) is -4.10. The Morgan fingerprint density at radius 1 is 1.24 bits per heavy atom. The van der Waals surface area contributed by atoms with Crippen LogP contribution in [0.2, 0.25) is 0 Å². The highest BCUT2D eigenvalue weighted by Crippen LogP contribution is 2.31. The number of para-hydroxylation sites is 1. The minimum absolute atomic E-state index is 0.0526. The number of amides is 1. The SMILES string of the molecule is Cc1cccc(NC(=O)C2CCCN(S(=O)(=O)c3ccccc3OC(F)F)C2)n1. The number of piperidine rings is 1. The Labute approximate surface area is 167 Å². The Morgan fingerprint density at radius 2 is 2.00 bits per heavy atom. The molecule has 0 aliphatic carbocycles. The van der Waals surface area contributed by atoms with E-state index in [1.54, 1.807) is 25.1 Å². The maximum absolute atomic E-state index is 13.0. The van der Waals surface area contributed by atoms with Gasteiger partial charge in [-0.25, -0.2) is 13.4 Å². The number of hydrogen-bond acceptors (Lipinski definition) is 5. The lowest BCUT2D eigenvalue weighted by molar-refractivity contribution is -0.120. The van der Waals surface area contributed by atoms with Crippen LogP contribution in [0.25, 0.3) is 0 Å². The number of pyridine rings is 1. The molecule has 1 aromatic carbocycles. The zero-order valence-corrected chi connectivity index (χ0v) is 16.5. The summed E-state index contributed by atoms with van der Waals surface area (Å²) in [5, 5.41) is 2.71. The van der Waals surface area contributed by atoms with Crippen molar-refractivity contribution in [1.82, 2.24) is 9.29 Å². The van der Waals surface area contributed by atoms with Gasteiger partial charge in [0.25, 0.3) is 0 Å². The molecular weight excluding hydrogens is 404 g/mol. The average molecular weight is 425 g/mol. The molecule has 1 unspecified atom stereocenters. The number of aromatic nitrogens is 1. The summed E-state index contributed by atoms with van der Waals surface area (Å²) >= 11 is 0. The number of carbonyl (C=O) groups excluding carboxylic acids is 1. The van der Waals surface area contributed by atoms with E-state index in [2.05, 4.69) is 15.0 Å². The van der Waals surface area contributed by atoms with Crippen LogP contribution in [-0.2, 0) is 14.8 Å². The van der Waals surface area contributed by atoms with Gasteiger partial charge in [-0.15, -0.1) is 0 Å². The lowest BCUT2D eigenvalue weighted by atomic mass is 9.99. The molecule has 7 nitrogen and oxygen atoms in total. The van der Waals surface area contributed by atoms with E-state index < -0.39 is 28.3 Å². The van der Waals surface area contributed by atoms with E-state index in [-0.39, 0.29) is 23.9 Å². The van der Waals surface area contributed by atoms with Crippen molar-refractivity contribution >= 4 is 21.7 Å². The van der Waals surface area contributed by atoms with Gasteiger partial charge in [0.1, 0.15) is 16.5 Å². The van der Waals surface area contributed by atoms with Crippen molar-refractivity contribution in [1.29, 1.82) is 0 Å². The first-order valence-electron chi connectivity index (χ1n) is 9.06. The Bertz CT molecular complexity index is 985. The van der Waals surface area contributed by atoms with E-state index >= 15 is 0 Å². The van der Waals surface area contributed by atoms with Crippen LogP contribution < -0.4 is 10.1 Å². The maximum Gasteiger partial charge on any atom is 0.387 e. The molecule has 1 amide bonds. The van der Waals surface area contributed by atoms with Crippen molar-refractivity contribution in [3.63, 3.8) is 0 Å². The number of ether oxygens (including phenoxy) is 1. The summed E-state index contributed by atoms with van der Waals surface area (Å²) in [5.41, 5.74) is 0.742. The lowest BCUT2D eigenvalue weighted by Gasteiger charge is -2.31. The quantitative estimate of drug-likeness (QED) is 0.769. The summed E-state index contributed by atoms with van der Waals surface area (Å²) in [4.78, 5) is 16.5. The summed E-state index contributed by atoms with van der Waals surface area (Å²) in [6, 6.07) is 10.4. The Morgan fingerprint density at radius 3 is 2.72 bits per heavy atom. The van der Waals surface area contributed by atoms with Gasteiger partial charge in [-0.1, -0.05) is 18.2 Å². The minimum Gasteiger partial charge on any atom is -0.433 e. The number of sulfonamides is 1. The van der Waals surface area contributed by atoms with Crippen LogP contribution in [0, 0.1) is 12.8 Å². The highest BCUT2D eigenvalue weighted by molar-refractivity contribution is 7.89. The molecule has 29 heavy (non-hydrogen) atoms. The topological polar surface area (TPSA) is 88.6 Å². The van der Waals surface area contributed by atoms with Gasteiger partial charge in [-0.3, -0.25) is 4.79 Å². The highest BCUT2D eigenvalue weighted by atomic mass is 32.2. The zero-order valence-electron chi connectivity index (χ0n) is 15.7. The van der Waals surface area contributed by atoms with Crippen molar-refractivity contribution in [2.75, 3.05) is 18.4 Å². The molecule has 2 heterocycles. The third-order valence-corrected chi connectivity index (χ3v) is 6.48. The predicted octanol–water partition coefficient (Wildman–Crippen LogP) is 3.03. The molecule has 1 saturated heterocycles. The standard InChI is InChI=1S/C19H21F2N3O4S/c1-13-6-4-10-17(22-13)23-18(25)14-7-5-11-24(12-14)29(26,27)16-9-3-2-8-15(16)28-19(20)21/h2-4,6,8-10,14,19H,5,7,11-12H2,1H3,(H,22,23,25). The number of halogens is 2. The van der Waals surface area contributed by atoms with Gasteiger partial charge in [0.2, 0.25) is 15.9 Å². The van der Waals surface area contributed by atoms with E-state index in [1.165, 1.54) is 24.3 Å². The normalized spacial score (nSPS) is 17.9. The van der Waals surface area contributed by atoms with E-state index in [0.29, 0.717) is 18.7 Å². The van der Waals surface area contributed by atoms with Crippen molar-refractivity contribution in [3.8, 4) is 5.75 Å². The zero-order chi connectivity index (χ0) is 21.0. The molecule has 1 aliphatic rings.